The smallest absolute Gasteiger partial charge is 0.193 e. The van der Waals surface area contributed by atoms with Gasteiger partial charge in [0.1, 0.15) is 12.0 Å². The van der Waals surface area contributed by atoms with Gasteiger partial charge in [-0.25, -0.2) is 4.99 Å². The van der Waals surface area contributed by atoms with Crippen LogP contribution in [0.5, 0.6) is 5.75 Å². The molecule has 3 rings (SSSR count). The number of methoxy groups -OCH3 is 1. The summed E-state index contributed by atoms with van der Waals surface area (Å²) in [5, 5.41) is 10.7. The minimum absolute atomic E-state index is 0.277. The van der Waals surface area contributed by atoms with E-state index in [9.17, 15) is 5.11 Å². The topological polar surface area (TPSA) is 71.1 Å². The molecule has 5 nitrogen and oxygen atoms in total. The Morgan fingerprint density at radius 2 is 1.93 bits per heavy atom. The first-order chi connectivity index (χ1) is 12.9. The highest BCUT2D eigenvalue weighted by atomic mass is 16.5. The molecular weight excluding hydrogens is 338 g/mol. The van der Waals surface area contributed by atoms with Gasteiger partial charge in [0.05, 0.1) is 12.6 Å². The van der Waals surface area contributed by atoms with Crippen LogP contribution in [0.25, 0.3) is 11.1 Å². The Balaban J connectivity index is 2.10. The zero-order valence-corrected chi connectivity index (χ0v) is 15.9. The summed E-state index contributed by atoms with van der Waals surface area (Å²) >= 11 is 0. The molecule has 1 heterocycles. The second-order valence-corrected chi connectivity index (χ2v) is 6.97. The van der Waals surface area contributed by atoms with Crippen molar-refractivity contribution in [3.8, 4) is 29.2 Å². The quantitative estimate of drug-likeness (QED) is 0.820. The summed E-state index contributed by atoms with van der Waals surface area (Å²) in [6.07, 6.45) is 5.17. The molecule has 1 unspecified atom stereocenters. The predicted molar refractivity (Wildman–Crippen MR) is 108 cm³/mol. The normalized spacial score (nSPS) is 24.9. The molecule has 0 radical (unpaired) electrons. The second-order valence-electron chi connectivity index (χ2n) is 6.97. The Bertz CT molecular complexity index is 902. The molecule has 0 aliphatic carbocycles. The first kappa shape index (κ1) is 18.8. The second kappa shape index (κ2) is 7.34. The Morgan fingerprint density at radius 3 is 2.59 bits per heavy atom. The summed E-state index contributed by atoms with van der Waals surface area (Å²) in [7, 11) is 3.37. The lowest BCUT2D eigenvalue weighted by molar-refractivity contribution is -0.0269. The standard InChI is InChI=1S/C22H25N3O2/c1-5-8-19-20(26)25(3)21(23)24-22(19,2)17-11-6-9-15(13-17)16-10-7-12-18(14-16)27-4/h1,6-7,9-14,19-20,26H,8H2,2-4H3,(H2,23,24)/t19-,20?,22+/m0/s1. The van der Waals surface area contributed by atoms with Gasteiger partial charge in [0.25, 0.3) is 0 Å². The summed E-state index contributed by atoms with van der Waals surface area (Å²) in [5.74, 6) is 3.49. The Morgan fingerprint density at radius 1 is 1.26 bits per heavy atom. The third kappa shape index (κ3) is 3.36. The number of terminal acetylenes is 1. The molecule has 0 saturated carbocycles. The van der Waals surface area contributed by atoms with Crippen molar-refractivity contribution >= 4 is 5.96 Å². The van der Waals surface area contributed by atoms with E-state index in [0.29, 0.717) is 12.4 Å². The third-order valence-electron chi connectivity index (χ3n) is 5.37. The van der Waals surface area contributed by atoms with E-state index in [0.717, 1.165) is 22.4 Å². The molecule has 1 aliphatic heterocycles. The highest BCUT2D eigenvalue weighted by molar-refractivity contribution is 5.79. The van der Waals surface area contributed by atoms with Gasteiger partial charge < -0.3 is 20.5 Å². The predicted octanol–water partition coefficient (Wildman–Crippen LogP) is 2.80. The van der Waals surface area contributed by atoms with Crippen LogP contribution < -0.4 is 10.5 Å². The zero-order chi connectivity index (χ0) is 19.6. The number of rotatable bonds is 4. The van der Waals surface area contributed by atoms with Gasteiger partial charge >= 0.3 is 0 Å². The van der Waals surface area contributed by atoms with Crippen molar-refractivity contribution in [1.29, 1.82) is 0 Å². The van der Waals surface area contributed by atoms with Crippen LogP contribution in [0.1, 0.15) is 18.9 Å². The molecule has 0 bridgehead atoms. The number of guanidine groups is 1. The van der Waals surface area contributed by atoms with Gasteiger partial charge in [0, 0.05) is 19.4 Å². The Hall–Kier alpha value is -2.97. The van der Waals surface area contributed by atoms with Crippen molar-refractivity contribution in [1.82, 2.24) is 4.90 Å². The van der Waals surface area contributed by atoms with Gasteiger partial charge in [0.2, 0.25) is 0 Å². The van der Waals surface area contributed by atoms with E-state index in [2.05, 4.69) is 12.0 Å². The molecule has 0 amide bonds. The Labute approximate surface area is 160 Å². The highest BCUT2D eigenvalue weighted by Gasteiger charge is 2.45. The van der Waals surface area contributed by atoms with Crippen molar-refractivity contribution in [2.45, 2.75) is 25.1 Å². The van der Waals surface area contributed by atoms with E-state index in [-0.39, 0.29) is 5.92 Å². The number of aliphatic hydroxyl groups is 1. The molecule has 1 aliphatic rings. The van der Waals surface area contributed by atoms with Gasteiger partial charge in [-0.15, -0.1) is 12.3 Å². The first-order valence-corrected chi connectivity index (χ1v) is 8.85. The van der Waals surface area contributed by atoms with Crippen LogP contribution in [0.4, 0.5) is 0 Å². The van der Waals surface area contributed by atoms with Crippen LogP contribution in [-0.2, 0) is 5.54 Å². The monoisotopic (exact) mass is 363 g/mol. The average Bonchev–Trinajstić information content (AvgIpc) is 2.70. The molecule has 5 heteroatoms. The van der Waals surface area contributed by atoms with E-state index >= 15 is 0 Å². The van der Waals surface area contributed by atoms with Gasteiger partial charge in [-0.3, -0.25) is 0 Å². The first-order valence-electron chi connectivity index (χ1n) is 8.85. The van der Waals surface area contributed by atoms with Gasteiger partial charge in [-0.2, -0.15) is 0 Å². The molecule has 27 heavy (non-hydrogen) atoms. The van der Waals surface area contributed by atoms with E-state index in [4.69, 9.17) is 21.9 Å². The summed E-state index contributed by atoms with van der Waals surface area (Å²) in [5.41, 5.74) is 8.38. The molecule has 2 aromatic rings. The molecule has 0 fully saturated rings. The maximum atomic E-state index is 10.7. The SMILES string of the molecule is C#CC[C@H]1C(O)N(C)C(N)=N[C@]1(C)c1cccc(-c2cccc(OC)c2)c1. The lowest BCUT2D eigenvalue weighted by atomic mass is 9.75. The fourth-order valence-corrected chi connectivity index (χ4v) is 3.62. The van der Waals surface area contributed by atoms with Crippen molar-refractivity contribution in [2.24, 2.45) is 16.6 Å². The van der Waals surface area contributed by atoms with Crippen LogP contribution >= 0.6 is 0 Å². The van der Waals surface area contributed by atoms with Crippen molar-refractivity contribution in [3.63, 3.8) is 0 Å². The van der Waals surface area contributed by atoms with Crippen molar-refractivity contribution < 1.29 is 9.84 Å². The van der Waals surface area contributed by atoms with Crippen LogP contribution in [0.3, 0.4) is 0 Å². The van der Waals surface area contributed by atoms with E-state index in [1.807, 2.05) is 49.4 Å². The zero-order valence-electron chi connectivity index (χ0n) is 15.9. The summed E-state index contributed by atoms with van der Waals surface area (Å²) in [6.45, 7) is 1.97. The van der Waals surface area contributed by atoms with Crippen LogP contribution in [-0.4, -0.2) is 36.4 Å². The van der Waals surface area contributed by atoms with Crippen molar-refractivity contribution in [2.75, 3.05) is 14.2 Å². The lowest BCUT2D eigenvalue weighted by Gasteiger charge is -2.45. The maximum Gasteiger partial charge on any atom is 0.193 e. The fourth-order valence-electron chi connectivity index (χ4n) is 3.62. The van der Waals surface area contributed by atoms with Gasteiger partial charge in [-0.1, -0.05) is 30.3 Å². The molecule has 0 aromatic heterocycles. The van der Waals surface area contributed by atoms with Gasteiger partial charge in [-0.05, 0) is 41.8 Å². The van der Waals surface area contributed by atoms with Crippen LogP contribution in [0.2, 0.25) is 0 Å². The number of nitrogens with two attached hydrogens (primary N) is 1. The van der Waals surface area contributed by atoms with Gasteiger partial charge in [0.15, 0.2) is 5.96 Å². The molecule has 140 valence electrons. The van der Waals surface area contributed by atoms with E-state index < -0.39 is 11.8 Å². The molecule has 0 saturated heterocycles. The number of hydrogen-bond donors (Lipinski definition) is 2. The highest BCUT2D eigenvalue weighted by Crippen LogP contribution is 2.42. The molecule has 2 aromatic carbocycles. The lowest BCUT2D eigenvalue weighted by Crippen LogP contribution is -2.56. The summed E-state index contributed by atoms with van der Waals surface area (Å²) in [4.78, 5) is 6.29. The number of benzene rings is 2. The minimum Gasteiger partial charge on any atom is -0.497 e. The van der Waals surface area contributed by atoms with Crippen LogP contribution in [0, 0.1) is 18.3 Å². The molecule has 3 N–H and O–H groups in total. The van der Waals surface area contributed by atoms with E-state index in [1.54, 1.807) is 19.1 Å². The number of aliphatic imine (C=N–C) groups is 1. The van der Waals surface area contributed by atoms with Crippen LogP contribution in [0.15, 0.2) is 53.5 Å². The molecular formula is C22H25N3O2. The number of hydrogen-bond acceptors (Lipinski definition) is 5. The van der Waals surface area contributed by atoms with E-state index in [1.165, 1.54) is 0 Å². The largest absolute Gasteiger partial charge is 0.497 e. The molecule has 3 atom stereocenters. The average molecular weight is 363 g/mol. The number of ether oxygens (including phenoxy) is 1. The van der Waals surface area contributed by atoms with Crippen molar-refractivity contribution in [3.05, 3.63) is 54.1 Å². The minimum atomic E-state index is -0.802. The number of aliphatic hydroxyl groups excluding tert-OH is 1. The fraction of sp³-hybridized carbons (Fsp3) is 0.318. The maximum absolute atomic E-state index is 10.7. The summed E-state index contributed by atoms with van der Waals surface area (Å²) < 4.78 is 5.33. The summed E-state index contributed by atoms with van der Waals surface area (Å²) in [6, 6.07) is 16.0. The Kier molecular flexibility index (Phi) is 5.11. The number of nitrogens with zero attached hydrogens (tertiary/aromatic N) is 2. The molecule has 0 spiro atoms. The third-order valence-corrected chi connectivity index (χ3v) is 5.37.